The molecule has 2 aliphatic rings. The van der Waals surface area contributed by atoms with E-state index in [0.717, 1.165) is 48.7 Å². The first-order valence-corrected chi connectivity index (χ1v) is 13.3. The van der Waals surface area contributed by atoms with Crippen molar-refractivity contribution in [1.29, 1.82) is 0 Å². The van der Waals surface area contributed by atoms with E-state index in [1.807, 2.05) is 24.3 Å². The number of benzene rings is 3. The van der Waals surface area contributed by atoms with E-state index in [4.69, 9.17) is 14.2 Å². The third kappa shape index (κ3) is 5.65. The van der Waals surface area contributed by atoms with Gasteiger partial charge < -0.3 is 29.3 Å². The first-order valence-electron chi connectivity index (χ1n) is 13.3. The van der Waals surface area contributed by atoms with E-state index in [2.05, 4.69) is 16.3 Å². The molecule has 1 atom stereocenters. The summed E-state index contributed by atoms with van der Waals surface area (Å²) < 4.78 is 15.9. The van der Waals surface area contributed by atoms with Crippen LogP contribution < -0.4 is 29.3 Å². The zero-order chi connectivity index (χ0) is 28.2. The molecule has 2 aliphatic heterocycles. The summed E-state index contributed by atoms with van der Waals surface area (Å²) in [5, 5.41) is 3.37. The lowest BCUT2D eigenvalue weighted by molar-refractivity contribution is -0.131. The Morgan fingerprint density at radius 1 is 0.925 bits per heavy atom. The summed E-state index contributed by atoms with van der Waals surface area (Å²) in [5.41, 5.74) is 3.92. The molecular formula is C31H33N3O6. The Bertz CT molecular complexity index is 1420. The van der Waals surface area contributed by atoms with E-state index < -0.39 is 11.9 Å². The van der Waals surface area contributed by atoms with Gasteiger partial charge in [-0.3, -0.25) is 14.4 Å². The maximum Gasteiger partial charge on any atom is 0.308 e. The van der Waals surface area contributed by atoms with Crippen LogP contribution in [-0.4, -0.2) is 58.1 Å². The molecule has 5 rings (SSSR count). The molecule has 0 radical (unpaired) electrons. The highest BCUT2D eigenvalue weighted by Crippen LogP contribution is 2.41. The topological polar surface area (TPSA) is 97.4 Å². The summed E-state index contributed by atoms with van der Waals surface area (Å²) in [5.74, 6) is 0.145. The second kappa shape index (κ2) is 11.8. The number of methoxy groups -OCH3 is 2. The largest absolute Gasteiger partial charge is 0.493 e. The number of hydrogen-bond acceptors (Lipinski definition) is 8. The van der Waals surface area contributed by atoms with Gasteiger partial charge in [0, 0.05) is 56.5 Å². The van der Waals surface area contributed by atoms with Crippen LogP contribution in [0.4, 0.5) is 11.4 Å². The fraction of sp³-hybridized carbons (Fsp3) is 0.323. The van der Waals surface area contributed by atoms with Crippen LogP contribution in [0, 0.1) is 0 Å². The highest BCUT2D eigenvalue weighted by molar-refractivity contribution is 6.09. The molecule has 1 unspecified atom stereocenters. The van der Waals surface area contributed by atoms with E-state index in [9.17, 15) is 14.4 Å². The number of carbonyl (C=O) groups is 3. The number of anilines is 2. The minimum Gasteiger partial charge on any atom is -0.493 e. The summed E-state index contributed by atoms with van der Waals surface area (Å²) in [6.45, 7) is 5.19. The Kier molecular flexibility index (Phi) is 8.02. The highest BCUT2D eigenvalue weighted by Gasteiger charge is 2.36. The Hall–Kier alpha value is -4.37. The van der Waals surface area contributed by atoms with Crippen molar-refractivity contribution >= 4 is 29.0 Å². The zero-order valence-corrected chi connectivity index (χ0v) is 22.9. The summed E-state index contributed by atoms with van der Waals surface area (Å²) in [7, 11) is 3.08. The van der Waals surface area contributed by atoms with Crippen molar-refractivity contribution in [1.82, 2.24) is 5.32 Å². The molecule has 0 aromatic heterocycles. The van der Waals surface area contributed by atoms with Crippen LogP contribution in [0.25, 0.3) is 0 Å². The Morgan fingerprint density at radius 2 is 1.65 bits per heavy atom. The standard InChI is InChI=1S/C31H33N3O6/c1-20(35)40-24-8-4-21(5-9-24)19-34-27-10-7-23(33-14-12-32-13-15-33)17-25(27)26(18-30(34)36)31(37)22-6-11-28(38-2)29(16-22)39-3/h4-11,16-17,26,32H,12-15,18-19H2,1-3H3. The number of nitrogens with one attached hydrogen (secondary N) is 1. The minimum absolute atomic E-state index is 0.0523. The number of nitrogens with zero attached hydrogens (tertiary/aromatic N) is 2. The third-order valence-electron chi connectivity index (χ3n) is 7.35. The number of fused-ring (bicyclic) bond motifs is 1. The molecule has 1 N–H and O–H groups in total. The second-order valence-electron chi connectivity index (χ2n) is 9.89. The quantitative estimate of drug-likeness (QED) is 0.259. The Balaban J connectivity index is 1.50. The molecule has 3 aromatic carbocycles. The van der Waals surface area contributed by atoms with Gasteiger partial charge in [-0.15, -0.1) is 0 Å². The number of ether oxygens (including phenoxy) is 3. The maximum absolute atomic E-state index is 13.9. The fourth-order valence-electron chi connectivity index (χ4n) is 5.33. The summed E-state index contributed by atoms with van der Waals surface area (Å²) >= 11 is 0. The Morgan fingerprint density at radius 3 is 2.33 bits per heavy atom. The zero-order valence-electron chi connectivity index (χ0n) is 22.9. The van der Waals surface area contributed by atoms with E-state index in [-0.39, 0.29) is 18.1 Å². The highest BCUT2D eigenvalue weighted by atomic mass is 16.5. The van der Waals surface area contributed by atoms with E-state index in [0.29, 0.717) is 29.4 Å². The lowest BCUT2D eigenvalue weighted by Crippen LogP contribution is -2.44. The van der Waals surface area contributed by atoms with Crippen molar-refractivity contribution in [2.45, 2.75) is 25.8 Å². The molecular weight excluding hydrogens is 510 g/mol. The molecule has 0 spiro atoms. The van der Waals surface area contributed by atoms with Gasteiger partial charge in [-0.05, 0) is 59.7 Å². The van der Waals surface area contributed by atoms with E-state index >= 15 is 0 Å². The normalized spacial score (nSPS) is 16.8. The molecule has 40 heavy (non-hydrogen) atoms. The molecule has 0 bridgehead atoms. The predicted octanol–water partition coefficient (Wildman–Crippen LogP) is 3.94. The summed E-state index contributed by atoms with van der Waals surface area (Å²) in [6.07, 6.45) is 0.0523. The predicted molar refractivity (Wildman–Crippen MR) is 152 cm³/mol. The average Bonchev–Trinajstić information content (AvgIpc) is 2.98. The van der Waals surface area contributed by atoms with Crippen LogP contribution in [0.1, 0.15) is 40.7 Å². The Labute approximate surface area is 233 Å². The number of piperazine rings is 1. The van der Waals surface area contributed by atoms with Gasteiger partial charge >= 0.3 is 5.97 Å². The molecule has 2 heterocycles. The fourth-order valence-corrected chi connectivity index (χ4v) is 5.33. The smallest absolute Gasteiger partial charge is 0.308 e. The van der Waals surface area contributed by atoms with Crippen LogP contribution in [0.2, 0.25) is 0 Å². The lowest BCUT2D eigenvalue weighted by Gasteiger charge is -2.36. The van der Waals surface area contributed by atoms with Crippen LogP contribution in [0.3, 0.4) is 0 Å². The van der Waals surface area contributed by atoms with Crippen LogP contribution in [-0.2, 0) is 16.1 Å². The van der Waals surface area contributed by atoms with Crippen LogP contribution in [0.15, 0.2) is 60.7 Å². The first kappa shape index (κ1) is 27.2. The maximum atomic E-state index is 13.9. The molecule has 1 saturated heterocycles. The van der Waals surface area contributed by atoms with Crippen molar-refractivity contribution < 1.29 is 28.6 Å². The van der Waals surface area contributed by atoms with Crippen molar-refractivity contribution in [3.8, 4) is 17.2 Å². The third-order valence-corrected chi connectivity index (χ3v) is 7.35. The van der Waals surface area contributed by atoms with Crippen molar-refractivity contribution in [3.05, 3.63) is 77.4 Å². The van der Waals surface area contributed by atoms with Crippen molar-refractivity contribution in [2.24, 2.45) is 0 Å². The summed E-state index contributed by atoms with van der Waals surface area (Å²) in [6, 6.07) is 18.2. The number of ketones is 1. The molecule has 9 nitrogen and oxygen atoms in total. The molecule has 9 heteroatoms. The monoisotopic (exact) mass is 543 g/mol. The van der Waals surface area contributed by atoms with Gasteiger partial charge in [0.1, 0.15) is 5.75 Å². The number of rotatable bonds is 8. The number of esters is 1. The molecule has 0 saturated carbocycles. The summed E-state index contributed by atoms with van der Waals surface area (Å²) in [4.78, 5) is 42.8. The number of amides is 1. The molecule has 208 valence electrons. The van der Waals surface area contributed by atoms with Gasteiger partial charge in [0.25, 0.3) is 0 Å². The van der Waals surface area contributed by atoms with E-state index in [1.54, 1.807) is 42.3 Å². The second-order valence-corrected chi connectivity index (χ2v) is 9.89. The minimum atomic E-state index is -0.633. The van der Waals surface area contributed by atoms with Crippen molar-refractivity contribution in [3.63, 3.8) is 0 Å². The van der Waals surface area contributed by atoms with Crippen LogP contribution in [0.5, 0.6) is 17.2 Å². The van der Waals surface area contributed by atoms with Gasteiger partial charge in [-0.1, -0.05) is 12.1 Å². The van der Waals surface area contributed by atoms with Gasteiger partial charge in [-0.25, -0.2) is 0 Å². The van der Waals surface area contributed by atoms with Gasteiger partial charge in [0.2, 0.25) is 5.91 Å². The van der Waals surface area contributed by atoms with Crippen LogP contribution >= 0.6 is 0 Å². The molecule has 0 aliphatic carbocycles. The van der Waals surface area contributed by atoms with Gasteiger partial charge in [0.15, 0.2) is 17.3 Å². The molecule has 1 amide bonds. The number of hydrogen-bond donors (Lipinski definition) is 1. The van der Waals surface area contributed by atoms with E-state index in [1.165, 1.54) is 14.0 Å². The first-order chi connectivity index (χ1) is 19.4. The number of carbonyl (C=O) groups excluding carboxylic acids is 3. The van der Waals surface area contributed by atoms with Gasteiger partial charge in [0.05, 0.1) is 26.7 Å². The molecule has 3 aromatic rings. The SMILES string of the molecule is COc1ccc(C(=O)C2CC(=O)N(Cc3ccc(OC(C)=O)cc3)c3ccc(N4CCNCC4)cc32)cc1OC. The average molecular weight is 544 g/mol. The number of Topliss-reactive ketones (excluding diaryl/α,β-unsaturated/α-hetero) is 1. The lowest BCUT2D eigenvalue weighted by atomic mass is 9.83. The van der Waals surface area contributed by atoms with Crippen molar-refractivity contribution in [2.75, 3.05) is 50.2 Å². The van der Waals surface area contributed by atoms with Gasteiger partial charge in [-0.2, -0.15) is 0 Å². The molecule has 1 fully saturated rings.